The van der Waals surface area contributed by atoms with Gasteiger partial charge >= 0.3 is 0 Å². The fourth-order valence-corrected chi connectivity index (χ4v) is 1.97. The van der Waals surface area contributed by atoms with Crippen LogP contribution in [-0.4, -0.2) is 20.1 Å². The van der Waals surface area contributed by atoms with Gasteiger partial charge in [-0.05, 0) is 19.1 Å². The van der Waals surface area contributed by atoms with Gasteiger partial charge in [-0.25, -0.2) is 9.97 Å². The van der Waals surface area contributed by atoms with Gasteiger partial charge in [-0.2, -0.15) is 0 Å². The van der Waals surface area contributed by atoms with Gasteiger partial charge < -0.3 is 10.1 Å². The lowest BCUT2D eigenvalue weighted by Gasteiger charge is -2.02. The van der Waals surface area contributed by atoms with Crippen LogP contribution in [0.4, 0.5) is 0 Å². The van der Waals surface area contributed by atoms with E-state index in [9.17, 15) is 9.90 Å². The molecule has 0 unspecified atom stereocenters. The third-order valence-corrected chi connectivity index (χ3v) is 3.11. The number of aromatic nitrogens is 3. The molecule has 0 saturated heterocycles. The van der Waals surface area contributed by atoms with Gasteiger partial charge in [0.15, 0.2) is 5.65 Å². The van der Waals surface area contributed by atoms with Crippen LogP contribution in [0.1, 0.15) is 16.8 Å². The molecule has 2 N–H and O–H groups in total. The van der Waals surface area contributed by atoms with Crippen LogP contribution < -0.4 is 5.56 Å². The first kappa shape index (κ1) is 13.1. The molecule has 2 heterocycles. The van der Waals surface area contributed by atoms with Crippen LogP contribution >= 0.6 is 0 Å². The topological polar surface area (TPSA) is 78.9 Å². The molecule has 0 saturated carbocycles. The Morgan fingerprint density at radius 2 is 2.00 bits per heavy atom. The van der Waals surface area contributed by atoms with Gasteiger partial charge in [0.2, 0.25) is 0 Å². The summed E-state index contributed by atoms with van der Waals surface area (Å²) in [5, 5.41) is 10.1. The number of hydrogen-bond acceptors (Lipinski definition) is 4. The number of benzene rings is 1. The summed E-state index contributed by atoms with van der Waals surface area (Å²) in [4.78, 5) is 22.8. The maximum atomic E-state index is 11.9. The Labute approximate surface area is 120 Å². The van der Waals surface area contributed by atoms with Gasteiger partial charge in [-0.1, -0.05) is 29.8 Å². The fraction of sp³-hybridized carbons (Fsp3) is 0.0625. The second-order valence-electron chi connectivity index (χ2n) is 4.72. The van der Waals surface area contributed by atoms with Crippen LogP contribution in [0.3, 0.4) is 0 Å². The molecule has 0 amide bonds. The maximum absolute atomic E-state index is 11.9. The van der Waals surface area contributed by atoms with Gasteiger partial charge in [0.1, 0.15) is 17.0 Å². The van der Waals surface area contributed by atoms with Crippen molar-refractivity contribution in [3.63, 3.8) is 0 Å². The van der Waals surface area contributed by atoms with Crippen LogP contribution in [0.2, 0.25) is 0 Å². The third kappa shape index (κ3) is 2.67. The summed E-state index contributed by atoms with van der Waals surface area (Å²) in [6.07, 6.45) is 2.94. The molecular weight excluding hydrogens is 266 g/mol. The summed E-state index contributed by atoms with van der Waals surface area (Å²) in [6.45, 7) is 1.97. The number of rotatable bonds is 2. The largest absolute Gasteiger partial charge is 0.507 e. The van der Waals surface area contributed by atoms with E-state index in [1.54, 1.807) is 30.5 Å². The van der Waals surface area contributed by atoms with Crippen molar-refractivity contribution in [2.45, 2.75) is 6.92 Å². The van der Waals surface area contributed by atoms with Crippen molar-refractivity contribution < 1.29 is 5.11 Å². The molecule has 0 radical (unpaired) electrons. The van der Waals surface area contributed by atoms with Crippen LogP contribution in [0.5, 0.6) is 0 Å². The van der Waals surface area contributed by atoms with Crippen molar-refractivity contribution in [3.05, 3.63) is 69.8 Å². The third-order valence-electron chi connectivity index (χ3n) is 3.11. The second kappa shape index (κ2) is 5.20. The number of nitrogens with one attached hydrogen (secondary N) is 1. The number of aliphatic hydroxyl groups is 1. The first-order chi connectivity index (χ1) is 10.1. The van der Waals surface area contributed by atoms with Crippen molar-refractivity contribution in [2.75, 3.05) is 0 Å². The summed E-state index contributed by atoms with van der Waals surface area (Å²) in [6, 6.07) is 10.8. The van der Waals surface area contributed by atoms with Crippen LogP contribution in [0.15, 0.2) is 47.4 Å². The molecule has 104 valence electrons. The zero-order valence-electron chi connectivity index (χ0n) is 11.4. The fourth-order valence-electron chi connectivity index (χ4n) is 1.97. The van der Waals surface area contributed by atoms with Crippen molar-refractivity contribution in [3.8, 4) is 0 Å². The zero-order valence-corrected chi connectivity index (χ0v) is 11.4. The highest BCUT2D eigenvalue weighted by Gasteiger charge is 2.05. The smallest absolute Gasteiger partial charge is 0.275 e. The van der Waals surface area contributed by atoms with Crippen molar-refractivity contribution in [1.82, 2.24) is 15.0 Å². The summed E-state index contributed by atoms with van der Waals surface area (Å²) in [5.41, 5.74) is 2.48. The van der Waals surface area contributed by atoms with Crippen molar-refractivity contribution >= 4 is 23.0 Å². The molecule has 0 fully saturated rings. The molecule has 5 heteroatoms. The Bertz CT molecular complexity index is 880. The summed E-state index contributed by atoms with van der Waals surface area (Å²) < 4.78 is 0. The van der Waals surface area contributed by atoms with Gasteiger partial charge in [0.05, 0.1) is 0 Å². The minimum absolute atomic E-state index is 0.00348. The van der Waals surface area contributed by atoms with Gasteiger partial charge in [-0.15, -0.1) is 0 Å². The minimum atomic E-state index is -0.389. The molecule has 0 aliphatic rings. The summed E-state index contributed by atoms with van der Waals surface area (Å²) in [5.74, 6) is -0.00348. The van der Waals surface area contributed by atoms with E-state index in [0.717, 1.165) is 5.56 Å². The van der Waals surface area contributed by atoms with Crippen molar-refractivity contribution in [1.29, 1.82) is 0 Å². The van der Waals surface area contributed by atoms with Crippen LogP contribution in [-0.2, 0) is 0 Å². The highest BCUT2D eigenvalue weighted by Crippen LogP contribution is 2.14. The van der Waals surface area contributed by atoms with Crippen molar-refractivity contribution in [2.24, 2.45) is 0 Å². The molecule has 0 bridgehead atoms. The van der Waals surface area contributed by atoms with E-state index in [1.807, 2.05) is 19.1 Å². The zero-order chi connectivity index (χ0) is 14.8. The molecule has 1 aromatic carbocycles. The lowest BCUT2D eigenvalue weighted by Crippen LogP contribution is -2.12. The van der Waals surface area contributed by atoms with Crippen LogP contribution in [0.25, 0.3) is 23.0 Å². The van der Waals surface area contributed by atoms with E-state index in [2.05, 4.69) is 15.0 Å². The Morgan fingerprint density at radius 3 is 2.76 bits per heavy atom. The SMILES string of the molecule is Cc1ccc(/C(O)=C\c2nc3cccnc3[nH]c2=O)cc1. The highest BCUT2D eigenvalue weighted by molar-refractivity contribution is 5.77. The Kier molecular flexibility index (Phi) is 3.23. The molecule has 0 spiro atoms. The lowest BCUT2D eigenvalue weighted by atomic mass is 10.1. The number of H-pyrrole nitrogens is 1. The van der Waals surface area contributed by atoms with E-state index in [-0.39, 0.29) is 17.0 Å². The monoisotopic (exact) mass is 279 g/mol. The predicted octanol–water partition coefficient (Wildman–Crippen LogP) is 2.68. The van der Waals surface area contributed by atoms with E-state index in [4.69, 9.17) is 0 Å². The quantitative estimate of drug-likeness (QED) is 0.707. The van der Waals surface area contributed by atoms with E-state index in [0.29, 0.717) is 16.7 Å². The van der Waals surface area contributed by atoms with Crippen LogP contribution in [0, 0.1) is 6.92 Å². The molecule has 5 nitrogen and oxygen atoms in total. The number of pyridine rings is 1. The Morgan fingerprint density at radius 1 is 1.24 bits per heavy atom. The Balaban J connectivity index is 2.07. The normalized spacial score (nSPS) is 11.8. The molecule has 3 rings (SSSR count). The number of fused-ring (bicyclic) bond motifs is 1. The van der Waals surface area contributed by atoms with Gasteiger partial charge in [-0.3, -0.25) is 4.79 Å². The average Bonchev–Trinajstić information content (AvgIpc) is 2.48. The molecule has 21 heavy (non-hydrogen) atoms. The number of nitrogens with zero attached hydrogens (tertiary/aromatic N) is 2. The first-order valence-electron chi connectivity index (χ1n) is 6.46. The molecular formula is C16H13N3O2. The van der Waals surface area contributed by atoms with E-state index in [1.165, 1.54) is 6.08 Å². The highest BCUT2D eigenvalue weighted by atomic mass is 16.3. The number of aryl methyl sites for hydroxylation is 1. The number of hydrogen-bond donors (Lipinski definition) is 2. The maximum Gasteiger partial charge on any atom is 0.275 e. The Hall–Kier alpha value is -2.95. The summed E-state index contributed by atoms with van der Waals surface area (Å²) in [7, 11) is 0. The predicted molar refractivity (Wildman–Crippen MR) is 81.8 cm³/mol. The minimum Gasteiger partial charge on any atom is -0.507 e. The molecule has 0 atom stereocenters. The molecule has 0 aliphatic carbocycles. The molecule has 0 aliphatic heterocycles. The standard InChI is InChI=1S/C16H13N3O2/c1-10-4-6-11(7-5-10)14(20)9-13-16(21)19-15-12(18-13)3-2-8-17-15/h2-9,20H,1H3,(H,17,19,21)/b14-9+. The number of aliphatic hydroxyl groups excluding tert-OH is 1. The summed E-state index contributed by atoms with van der Waals surface area (Å²) >= 11 is 0. The second-order valence-corrected chi connectivity index (χ2v) is 4.72. The molecule has 2 aromatic heterocycles. The first-order valence-corrected chi connectivity index (χ1v) is 6.46. The van der Waals surface area contributed by atoms with E-state index >= 15 is 0 Å². The lowest BCUT2D eigenvalue weighted by molar-refractivity contribution is 0.515. The average molecular weight is 279 g/mol. The molecule has 3 aromatic rings. The van der Waals surface area contributed by atoms with Gasteiger partial charge in [0.25, 0.3) is 5.56 Å². The van der Waals surface area contributed by atoms with E-state index < -0.39 is 0 Å². The number of aromatic amines is 1. The van der Waals surface area contributed by atoms with Gasteiger partial charge in [0, 0.05) is 17.8 Å².